The van der Waals surface area contributed by atoms with Gasteiger partial charge in [-0.1, -0.05) is 24.3 Å². The molecule has 0 saturated heterocycles. The molecule has 0 heterocycles. The first-order valence-electron chi connectivity index (χ1n) is 7.72. The van der Waals surface area contributed by atoms with E-state index in [4.69, 9.17) is 24.0 Å². The van der Waals surface area contributed by atoms with E-state index in [1.165, 1.54) is 12.1 Å². The molecule has 6 nitrogen and oxygen atoms in total. The van der Waals surface area contributed by atoms with Gasteiger partial charge in [-0.3, -0.25) is 13.9 Å². The van der Waals surface area contributed by atoms with Crippen LogP contribution in [0.2, 0.25) is 0 Å². The van der Waals surface area contributed by atoms with E-state index in [1.54, 1.807) is 36.4 Å². The second-order valence-corrected chi connectivity index (χ2v) is 6.68. The Morgan fingerprint density at radius 1 is 1.00 bits per heavy atom. The second kappa shape index (κ2) is 19.7. The Morgan fingerprint density at radius 3 is 2.03 bits per heavy atom. The van der Waals surface area contributed by atoms with Crippen molar-refractivity contribution >= 4 is 27.3 Å². The van der Waals surface area contributed by atoms with Gasteiger partial charge in [0, 0.05) is 74.5 Å². The van der Waals surface area contributed by atoms with E-state index >= 15 is 0 Å². The van der Waals surface area contributed by atoms with Crippen molar-refractivity contribution < 1.29 is 80.0 Å². The maximum absolute atomic E-state index is 12.3. The van der Waals surface area contributed by atoms with Gasteiger partial charge in [0.25, 0.3) is 10.0 Å². The molecule has 0 bridgehead atoms. The fourth-order valence-corrected chi connectivity index (χ4v) is 3.03. The van der Waals surface area contributed by atoms with Crippen molar-refractivity contribution in [1.29, 1.82) is 0 Å². The monoisotopic (exact) mass is 669 g/mol. The Hall–Kier alpha value is -1.29. The second-order valence-electron chi connectivity index (χ2n) is 5.00. The molecule has 0 aromatic heterocycles. The fraction of sp³-hybridized carbons (Fsp3) is 0.235. The number of hydrogen-bond acceptors (Lipinski definition) is 3. The SMILES string of the molecule is CF.Cc1ccc(NS(=O)(=O)c2ccccc2)cc1NC(=O)CC[NH-].FF.FF.[Ac]. The Balaban J connectivity index is -0.000000955. The van der Waals surface area contributed by atoms with Crippen LogP contribution in [0.1, 0.15) is 12.0 Å². The van der Waals surface area contributed by atoms with Crippen LogP contribution < -0.4 is 10.0 Å². The number of anilines is 2. The van der Waals surface area contributed by atoms with Crippen LogP contribution >= 0.6 is 0 Å². The van der Waals surface area contributed by atoms with Gasteiger partial charge in [-0.15, -0.1) is 6.54 Å². The van der Waals surface area contributed by atoms with Gasteiger partial charge in [0.05, 0.1) is 17.8 Å². The Morgan fingerprint density at radius 2 is 1.53 bits per heavy atom. The van der Waals surface area contributed by atoms with Crippen molar-refractivity contribution in [2.24, 2.45) is 0 Å². The van der Waals surface area contributed by atoms with Crippen LogP contribution in [0.25, 0.3) is 5.73 Å². The van der Waals surface area contributed by atoms with Crippen LogP contribution in [-0.4, -0.2) is 28.0 Å². The van der Waals surface area contributed by atoms with Crippen molar-refractivity contribution in [1.82, 2.24) is 0 Å². The van der Waals surface area contributed by atoms with Crippen LogP contribution in [-0.2, 0) is 14.8 Å². The zero-order valence-corrected chi connectivity index (χ0v) is 21.7. The number of carbonyl (C=O) groups excluding carboxylic acids is 1. The zero-order valence-electron chi connectivity index (χ0n) is 16.1. The number of sulfonamides is 1. The summed E-state index contributed by atoms with van der Waals surface area (Å²) in [6, 6.07) is 13.0. The standard InChI is InChI=1S/C16H18N3O3S.CH3F.Ac.2F2/c1-12-7-8-13(11-15(12)18-16(20)9-10-17)19-23(21,22)14-5-3-2-4-6-14;1-2;;2*1-2/h2-8,11,17,19H,9-10H2,1H3,(H,18,20);1H3;;;/q-1;;;;. The first-order valence-corrected chi connectivity index (χ1v) is 9.20. The fourth-order valence-electron chi connectivity index (χ4n) is 1.96. The van der Waals surface area contributed by atoms with Gasteiger partial charge < -0.3 is 11.1 Å². The topological polar surface area (TPSA) is 99.1 Å². The van der Waals surface area contributed by atoms with Gasteiger partial charge in [-0.05, 0) is 36.8 Å². The summed E-state index contributed by atoms with van der Waals surface area (Å²) in [5, 5.41) is 2.68. The van der Waals surface area contributed by atoms with Crippen molar-refractivity contribution in [3.05, 3.63) is 59.8 Å². The number of nitrogens with one attached hydrogen (secondary N) is 3. The average molecular weight is 669 g/mol. The minimum Gasteiger partial charge on any atom is -0.677 e. The van der Waals surface area contributed by atoms with Crippen molar-refractivity contribution in [2.75, 3.05) is 23.8 Å². The summed E-state index contributed by atoms with van der Waals surface area (Å²) in [4.78, 5) is 11.8. The minimum atomic E-state index is -3.67. The number of benzene rings is 2. The molecule has 0 aliphatic carbocycles. The summed E-state index contributed by atoms with van der Waals surface area (Å²) in [6.07, 6.45) is 0.0966. The number of carbonyl (C=O) groups is 1. The smallest absolute Gasteiger partial charge is 0.261 e. The molecule has 0 aliphatic heterocycles. The van der Waals surface area contributed by atoms with Gasteiger partial charge in [0.15, 0.2) is 0 Å². The number of halogens is 5. The van der Waals surface area contributed by atoms with Crippen LogP contribution in [0.3, 0.4) is 0 Å². The third kappa shape index (κ3) is 12.4. The van der Waals surface area contributed by atoms with Gasteiger partial charge >= 0.3 is 0 Å². The molecule has 0 atom stereocenters. The minimum absolute atomic E-state index is 0. The van der Waals surface area contributed by atoms with Gasteiger partial charge in [-0.2, -0.15) is 0 Å². The van der Waals surface area contributed by atoms with Crippen molar-refractivity contribution in [3.63, 3.8) is 0 Å². The molecule has 1 radical (unpaired) electrons. The van der Waals surface area contributed by atoms with E-state index in [9.17, 15) is 17.6 Å². The van der Waals surface area contributed by atoms with Crippen LogP contribution in [0, 0.1) is 51.0 Å². The summed E-state index contributed by atoms with van der Waals surface area (Å²) in [6.45, 7) is 1.82. The molecule has 13 heteroatoms. The Bertz CT molecular complexity index is 816. The summed E-state index contributed by atoms with van der Waals surface area (Å²) in [5.41, 5.74) is 8.75. The van der Waals surface area contributed by atoms with E-state index in [1.807, 2.05) is 6.92 Å². The van der Waals surface area contributed by atoms with Gasteiger partial charge in [-0.25, -0.2) is 8.42 Å². The Kier molecular flexibility index (Phi) is 21.9. The molecule has 2 aromatic carbocycles. The van der Waals surface area contributed by atoms with E-state index in [-0.39, 0.29) is 67.8 Å². The summed E-state index contributed by atoms with van der Waals surface area (Å²) < 4.78 is 68.6. The molecule has 1 amide bonds. The molecule has 167 valence electrons. The third-order valence-electron chi connectivity index (χ3n) is 3.17. The molecule has 0 aliphatic rings. The van der Waals surface area contributed by atoms with Gasteiger partial charge in [0.1, 0.15) is 0 Å². The quantitative estimate of drug-likeness (QED) is 0.401. The molecule has 30 heavy (non-hydrogen) atoms. The first kappa shape index (κ1) is 33.4. The molecule has 0 fully saturated rings. The number of aryl methyl sites for hydroxylation is 1. The summed E-state index contributed by atoms with van der Waals surface area (Å²) in [5.74, 6) is -0.272. The molecule has 0 saturated carbocycles. The summed E-state index contributed by atoms with van der Waals surface area (Å²) >= 11 is 0. The molecule has 2 aromatic rings. The number of rotatable bonds is 6. The van der Waals surface area contributed by atoms with E-state index in [0.29, 0.717) is 18.6 Å². The number of alkyl halides is 1. The zero-order chi connectivity index (χ0) is 22.9. The van der Waals surface area contributed by atoms with Crippen LogP contribution in [0.15, 0.2) is 53.4 Å². The molecule has 3 N–H and O–H groups in total. The first-order chi connectivity index (χ1) is 13.9. The predicted octanol–water partition coefficient (Wildman–Crippen LogP) is 5.44. The maximum Gasteiger partial charge on any atom is 0.261 e. The molecular formula is C17H21AcF5N3O3S-. The van der Waals surface area contributed by atoms with E-state index < -0.39 is 10.0 Å². The average Bonchev–Trinajstić information content (AvgIpc) is 2.75. The molecular weight excluding hydrogens is 648 g/mol. The van der Waals surface area contributed by atoms with E-state index in [2.05, 4.69) is 10.0 Å². The largest absolute Gasteiger partial charge is 0.677 e. The third-order valence-corrected chi connectivity index (χ3v) is 4.57. The van der Waals surface area contributed by atoms with Crippen molar-refractivity contribution in [3.8, 4) is 0 Å². The number of amides is 1. The van der Waals surface area contributed by atoms with Crippen LogP contribution in [0.5, 0.6) is 0 Å². The van der Waals surface area contributed by atoms with Crippen LogP contribution in [0.4, 0.5) is 34.1 Å². The normalized spacial score (nSPS) is 9.07. The van der Waals surface area contributed by atoms with E-state index in [0.717, 1.165) is 5.56 Å². The molecule has 0 spiro atoms. The predicted molar refractivity (Wildman–Crippen MR) is 102 cm³/mol. The molecule has 0 unspecified atom stereocenters. The number of hydrogen-bond donors (Lipinski definition) is 2. The van der Waals surface area contributed by atoms with Crippen molar-refractivity contribution in [2.45, 2.75) is 18.2 Å². The maximum atomic E-state index is 12.3. The summed E-state index contributed by atoms with van der Waals surface area (Å²) in [7, 11) is -3.17. The Labute approximate surface area is 207 Å². The molecule has 2 rings (SSSR count). The van der Waals surface area contributed by atoms with Gasteiger partial charge in [0.2, 0.25) is 5.91 Å².